The minimum atomic E-state index is -1.85. The average molecular weight is 442 g/mol. The Bertz CT molecular complexity index is 1120. The summed E-state index contributed by atoms with van der Waals surface area (Å²) >= 11 is 0. The standard InChI is InChI=1S/C28H31N3O2/c1-20-18-27(2,3)31(4)25-16-15-21(17-24(20)25)19-29-30-26(32)28(33,22-11-7-5-8-12-22)23-13-9-6-10-14-23/h5-17,19-20,33H,18H2,1-4H3,(H,30,32)/b29-19+. The molecule has 1 aliphatic rings. The van der Waals surface area contributed by atoms with E-state index in [0.29, 0.717) is 17.0 Å². The quantitative estimate of drug-likeness (QED) is 0.442. The molecule has 2 N–H and O–H groups in total. The topological polar surface area (TPSA) is 64.9 Å². The van der Waals surface area contributed by atoms with E-state index in [1.54, 1.807) is 54.7 Å². The third-order valence-corrected chi connectivity index (χ3v) is 6.75. The Morgan fingerprint density at radius 2 is 1.64 bits per heavy atom. The van der Waals surface area contributed by atoms with Crippen LogP contribution >= 0.6 is 0 Å². The van der Waals surface area contributed by atoms with Crippen molar-refractivity contribution in [2.24, 2.45) is 5.10 Å². The van der Waals surface area contributed by atoms with Crippen molar-refractivity contribution in [1.29, 1.82) is 0 Å². The molecule has 1 atom stereocenters. The van der Waals surface area contributed by atoms with E-state index < -0.39 is 11.5 Å². The van der Waals surface area contributed by atoms with Crippen molar-refractivity contribution in [1.82, 2.24) is 5.43 Å². The third-order valence-electron chi connectivity index (χ3n) is 6.75. The molecule has 0 bridgehead atoms. The first kappa shape index (κ1) is 22.7. The number of rotatable bonds is 5. The average Bonchev–Trinajstić information content (AvgIpc) is 2.83. The number of carbonyl (C=O) groups excluding carboxylic acids is 1. The summed E-state index contributed by atoms with van der Waals surface area (Å²) in [5, 5.41) is 15.7. The van der Waals surface area contributed by atoms with E-state index in [4.69, 9.17) is 0 Å². The van der Waals surface area contributed by atoms with Crippen LogP contribution in [0.1, 0.15) is 55.4 Å². The fraction of sp³-hybridized carbons (Fsp3) is 0.286. The molecule has 0 spiro atoms. The lowest BCUT2D eigenvalue weighted by Crippen LogP contribution is -2.45. The monoisotopic (exact) mass is 441 g/mol. The molecule has 0 fully saturated rings. The number of hydrogen-bond acceptors (Lipinski definition) is 4. The Morgan fingerprint density at radius 1 is 1.06 bits per heavy atom. The molecule has 0 aliphatic carbocycles. The maximum Gasteiger partial charge on any atom is 0.281 e. The predicted octanol–water partition coefficient (Wildman–Crippen LogP) is 4.79. The lowest BCUT2D eigenvalue weighted by molar-refractivity contribution is -0.136. The van der Waals surface area contributed by atoms with E-state index in [1.807, 2.05) is 18.2 Å². The van der Waals surface area contributed by atoms with Gasteiger partial charge in [-0.05, 0) is 60.6 Å². The number of hydrogen-bond donors (Lipinski definition) is 2. The second-order valence-electron chi connectivity index (χ2n) is 9.44. The van der Waals surface area contributed by atoms with Crippen LogP contribution in [0.15, 0.2) is 84.0 Å². The van der Waals surface area contributed by atoms with Gasteiger partial charge in [0.2, 0.25) is 0 Å². The Balaban J connectivity index is 1.58. The van der Waals surface area contributed by atoms with Gasteiger partial charge in [0.1, 0.15) is 0 Å². The largest absolute Gasteiger partial charge is 0.372 e. The van der Waals surface area contributed by atoms with Crippen molar-refractivity contribution >= 4 is 17.8 Å². The van der Waals surface area contributed by atoms with Gasteiger partial charge in [-0.25, -0.2) is 5.43 Å². The molecule has 1 aliphatic heterocycles. The first-order valence-corrected chi connectivity index (χ1v) is 11.3. The highest BCUT2D eigenvalue weighted by molar-refractivity contribution is 5.91. The molecule has 1 unspecified atom stereocenters. The van der Waals surface area contributed by atoms with Gasteiger partial charge in [-0.1, -0.05) is 73.7 Å². The van der Waals surface area contributed by atoms with Crippen LogP contribution in [0.5, 0.6) is 0 Å². The zero-order chi connectivity index (χ0) is 23.6. The molecule has 1 heterocycles. The molecule has 5 nitrogen and oxygen atoms in total. The Labute approximate surface area is 195 Å². The number of anilines is 1. The molecular weight excluding hydrogens is 410 g/mol. The fourth-order valence-electron chi connectivity index (χ4n) is 4.71. The highest BCUT2D eigenvalue weighted by Gasteiger charge is 2.40. The van der Waals surface area contributed by atoms with Crippen LogP contribution in [0, 0.1) is 0 Å². The Kier molecular flexibility index (Phi) is 6.09. The number of hydrazone groups is 1. The number of benzene rings is 3. The SMILES string of the molecule is CC1CC(C)(C)N(C)c2ccc(/C=N/NC(=O)C(O)(c3ccccc3)c3ccccc3)cc21. The van der Waals surface area contributed by atoms with Crippen LogP contribution < -0.4 is 10.3 Å². The van der Waals surface area contributed by atoms with E-state index >= 15 is 0 Å². The number of amides is 1. The van der Waals surface area contributed by atoms with Crippen molar-refractivity contribution in [2.75, 3.05) is 11.9 Å². The summed E-state index contributed by atoms with van der Waals surface area (Å²) in [5.74, 6) is -0.181. The van der Waals surface area contributed by atoms with Gasteiger partial charge in [0.05, 0.1) is 6.21 Å². The summed E-state index contributed by atoms with van der Waals surface area (Å²) in [6.45, 7) is 6.77. The number of nitrogens with one attached hydrogen (secondary N) is 1. The molecule has 0 saturated heterocycles. The van der Waals surface area contributed by atoms with E-state index in [9.17, 15) is 9.90 Å². The van der Waals surface area contributed by atoms with E-state index in [1.165, 1.54) is 11.3 Å². The highest BCUT2D eigenvalue weighted by Crippen LogP contribution is 2.42. The van der Waals surface area contributed by atoms with Gasteiger partial charge in [0.15, 0.2) is 5.60 Å². The molecule has 3 aromatic carbocycles. The van der Waals surface area contributed by atoms with E-state index in [2.05, 4.69) is 55.4 Å². The summed E-state index contributed by atoms with van der Waals surface area (Å²) in [6, 6.07) is 24.1. The van der Waals surface area contributed by atoms with Crippen molar-refractivity contribution in [2.45, 2.75) is 44.2 Å². The molecule has 33 heavy (non-hydrogen) atoms. The Hall–Kier alpha value is -3.44. The summed E-state index contributed by atoms with van der Waals surface area (Å²) in [5.41, 5.74) is 5.18. The lowest BCUT2D eigenvalue weighted by Gasteiger charge is -2.45. The molecule has 0 aromatic heterocycles. The number of carbonyl (C=O) groups is 1. The normalized spacial score (nSPS) is 17.6. The minimum Gasteiger partial charge on any atom is -0.372 e. The summed E-state index contributed by atoms with van der Waals surface area (Å²) in [4.78, 5) is 15.5. The Morgan fingerprint density at radius 3 is 2.21 bits per heavy atom. The van der Waals surface area contributed by atoms with Gasteiger partial charge in [-0.15, -0.1) is 0 Å². The maximum atomic E-state index is 13.2. The molecular formula is C28H31N3O2. The smallest absolute Gasteiger partial charge is 0.281 e. The third kappa shape index (κ3) is 4.29. The minimum absolute atomic E-state index is 0.106. The zero-order valence-electron chi connectivity index (χ0n) is 19.6. The first-order chi connectivity index (χ1) is 15.7. The van der Waals surface area contributed by atoms with Crippen LogP contribution in [0.2, 0.25) is 0 Å². The predicted molar refractivity (Wildman–Crippen MR) is 134 cm³/mol. The van der Waals surface area contributed by atoms with Gasteiger partial charge in [-0.2, -0.15) is 5.10 Å². The van der Waals surface area contributed by atoms with Gasteiger partial charge in [-0.3, -0.25) is 4.79 Å². The van der Waals surface area contributed by atoms with Crippen LogP contribution in [0.3, 0.4) is 0 Å². The van der Waals surface area contributed by atoms with Gasteiger partial charge < -0.3 is 10.0 Å². The van der Waals surface area contributed by atoms with E-state index in [0.717, 1.165) is 12.0 Å². The van der Waals surface area contributed by atoms with Crippen LogP contribution in [0.4, 0.5) is 5.69 Å². The molecule has 0 saturated carbocycles. The molecule has 170 valence electrons. The molecule has 3 aromatic rings. The molecule has 1 amide bonds. The number of nitrogens with zero attached hydrogens (tertiary/aromatic N) is 2. The second-order valence-corrected chi connectivity index (χ2v) is 9.44. The van der Waals surface area contributed by atoms with Gasteiger partial charge in [0.25, 0.3) is 5.91 Å². The summed E-state index contributed by atoms with van der Waals surface area (Å²) < 4.78 is 0. The van der Waals surface area contributed by atoms with E-state index in [-0.39, 0.29) is 5.54 Å². The first-order valence-electron chi connectivity index (χ1n) is 11.3. The van der Waals surface area contributed by atoms with Gasteiger partial charge in [0, 0.05) is 18.3 Å². The van der Waals surface area contributed by atoms with Crippen molar-refractivity contribution in [3.05, 3.63) is 101 Å². The van der Waals surface area contributed by atoms with Crippen molar-refractivity contribution in [3.8, 4) is 0 Å². The molecule has 0 radical (unpaired) electrons. The lowest BCUT2D eigenvalue weighted by atomic mass is 9.80. The maximum absolute atomic E-state index is 13.2. The van der Waals surface area contributed by atoms with Crippen molar-refractivity contribution in [3.63, 3.8) is 0 Å². The number of aliphatic hydroxyl groups is 1. The zero-order valence-corrected chi connectivity index (χ0v) is 19.6. The highest BCUT2D eigenvalue weighted by atomic mass is 16.3. The molecule has 4 rings (SSSR count). The van der Waals surface area contributed by atoms with Crippen LogP contribution in [0.25, 0.3) is 0 Å². The van der Waals surface area contributed by atoms with Crippen molar-refractivity contribution < 1.29 is 9.90 Å². The fourth-order valence-corrected chi connectivity index (χ4v) is 4.71. The van der Waals surface area contributed by atoms with Gasteiger partial charge >= 0.3 is 0 Å². The van der Waals surface area contributed by atoms with Crippen LogP contribution in [-0.4, -0.2) is 29.8 Å². The molecule has 5 heteroatoms. The second kappa shape index (κ2) is 8.83. The van der Waals surface area contributed by atoms with Crippen LogP contribution in [-0.2, 0) is 10.4 Å². The summed E-state index contributed by atoms with van der Waals surface area (Å²) in [6.07, 6.45) is 2.69. The number of fused-ring (bicyclic) bond motifs is 1. The summed E-state index contributed by atoms with van der Waals surface area (Å²) in [7, 11) is 2.13.